The summed E-state index contributed by atoms with van der Waals surface area (Å²) in [5.74, 6) is 6.24. The molecule has 0 unspecified atom stereocenters. The van der Waals surface area contributed by atoms with E-state index in [1.165, 1.54) is 21.6 Å². The summed E-state index contributed by atoms with van der Waals surface area (Å²) < 4.78 is 34.7. The molecule has 0 aromatic rings. The Morgan fingerprint density at radius 2 is 0.767 bits per heavy atom. The van der Waals surface area contributed by atoms with Gasteiger partial charge >= 0.3 is 17.6 Å². The van der Waals surface area contributed by atoms with Gasteiger partial charge in [-0.1, -0.05) is 11.8 Å². The largest absolute Gasteiger partial charge is 0.513 e. The first-order chi connectivity index (χ1) is 14.6. The number of hydrogen-bond donors (Lipinski definition) is 0. The topological polar surface area (TPSA) is 55.4 Å². The Labute approximate surface area is 200 Å². The van der Waals surface area contributed by atoms with Crippen LogP contribution in [0.3, 0.4) is 0 Å². The summed E-state index contributed by atoms with van der Waals surface area (Å²) in [6, 6.07) is 0.985. The Balaban J connectivity index is 4.37. The minimum absolute atomic E-state index is 0.493. The second-order valence-electron chi connectivity index (χ2n) is 5.18. The van der Waals surface area contributed by atoms with Crippen molar-refractivity contribution in [2.75, 3.05) is 39.6 Å². The molecule has 0 radical (unpaired) electrons. The fourth-order valence-electron chi connectivity index (χ4n) is 2.29. The molecule has 0 aliphatic carbocycles. The molecule has 0 aliphatic rings. The molecule has 0 atom stereocenters. The summed E-state index contributed by atoms with van der Waals surface area (Å²) in [5.41, 5.74) is 0. The molecule has 0 amide bonds. The zero-order valence-electron chi connectivity index (χ0n) is 18.7. The highest BCUT2D eigenvalue weighted by Crippen LogP contribution is 2.42. The molecule has 30 heavy (non-hydrogen) atoms. The lowest BCUT2D eigenvalue weighted by Crippen LogP contribution is -2.45. The van der Waals surface area contributed by atoms with Crippen LogP contribution in [0, 0.1) is 22.3 Å². The Kier molecular flexibility index (Phi) is 20.8. The van der Waals surface area contributed by atoms with Crippen molar-refractivity contribution >= 4 is 58.8 Å². The van der Waals surface area contributed by atoms with Gasteiger partial charge in [0.1, 0.15) is 0 Å². The molecule has 6 nitrogen and oxygen atoms in total. The molecule has 0 heterocycles. The van der Waals surface area contributed by atoms with E-state index in [2.05, 4.69) is 22.3 Å². The van der Waals surface area contributed by atoms with Gasteiger partial charge in [-0.2, -0.15) is 0 Å². The third-order valence-corrected chi connectivity index (χ3v) is 13.7. The molecule has 0 N–H and O–H groups in total. The van der Waals surface area contributed by atoms with Crippen LogP contribution in [0.1, 0.15) is 41.5 Å². The van der Waals surface area contributed by atoms with Gasteiger partial charge in [0.25, 0.3) is 0 Å². The van der Waals surface area contributed by atoms with E-state index < -0.39 is 17.6 Å². The lowest BCUT2D eigenvalue weighted by Gasteiger charge is -2.26. The van der Waals surface area contributed by atoms with Gasteiger partial charge in [0.15, 0.2) is 0 Å². The van der Waals surface area contributed by atoms with Crippen molar-refractivity contribution in [3.63, 3.8) is 0 Å². The van der Waals surface area contributed by atoms with Crippen LogP contribution < -0.4 is 0 Å². The monoisotopic (exact) mass is 530 g/mol. The summed E-state index contributed by atoms with van der Waals surface area (Å²) in [6.07, 6.45) is 0. The first kappa shape index (κ1) is 30.7. The lowest BCUT2D eigenvalue weighted by molar-refractivity contribution is 0.0740. The van der Waals surface area contributed by atoms with Crippen LogP contribution in [0.5, 0.6) is 0 Å². The van der Waals surface area contributed by atoms with Gasteiger partial charge in [-0.15, -0.1) is 0 Å². The van der Waals surface area contributed by atoms with Crippen LogP contribution in [0.4, 0.5) is 0 Å². The molecule has 0 aliphatic heterocycles. The Morgan fingerprint density at radius 1 is 0.500 bits per heavy atom. The maximum atomic E-state index is 5.78. The quantitative estimate of drug-likeness (QED) is 0.102. The van der Waals surface area contributed by atoms with Gasteiger partial charge in [0.05, 0.1) is 12.1 Å². The molecule has 0 aromatic heterocycles. The smallest absolute Gasteiger partial charge is 0.373 e. The van der Waals surface area contributed by atoms with Crippen LogP contribution in [0.25, 0.3) is 0 Å². The van der Waals surface area contributed by atoms with Crippen molar-refractivity contribution in [2.45, 2.75) is 53.6 Å². The van der Waals surface area contributed by atoms with E-state index >= 15 is 0 Å². The fourth-order valence-corrected chi connectivity index (χ4v) is 10.6. The van der Waals surface area contributed by atoms with Crippen LogP contribution in [0.2, 0.25) is 12.1 Å². The van der Waals surface area contributed by atoms with Gasteiger partial charge in [-0.3, -0.25) is 0 Å². The van der Waals surface area contributed by atoms with Crippen LogP contribution in [-0.2, 0) is 26.6 Å². The lowest BCUT2D eigenvalue weighted by atomic mass is 10.8. The summed E-state index contributed by atoms with van der Waals surface area (Å²) in [5, 5.41) is 6.14. The molecule has 0 saturated carbocycles. The van der Waals surface area contributed by atoms with Crippen LogP contribution >= 0.6 is 41.2 Å². The Bertz CT molecular complexity index is 468. The van der Waals surface area contributed by atoms with E-state index in [0.29, 0.717) is 51.7 Å². The van der Waals surface area contributed by atoms with Crippen molar-refractivity contribution in [3.05, 3.63) is 0 Å². The van der Waals surface area contributed by atoms with Gasteiger partial charge in [0, 0.05) is 80.9 Å². The van der Waals surface area contributed by atoms with E-state index in [0.717, 1.165) is 0 Å². The molecule has 174 valence electrons. The summed E-state index contributed by atoms with van der Waals surface area (Å²) in [4.78, 5) is 0. The van der Waals surface area contributed by atoms with Crippen molar-refractivity contribution in [1.29, 1.82) is 0 Å². The highest BCUT2D eigenvalue weighted by atomic mass is 33.7. The summed E-state index contributed by atoms with van der Waals surface area (Å²) >= 11 is 0. The zero-order valence-corrected chi connectivity index (χ0v) is 24.0. The Hall–Kier alpha value is 0.714. The van der Waals surface area contributed by atoms with E-state index in [9.17, 15) is 0 Å². The molecule has 0 bridgehead atoms. The molecule has 0 fully saturated rings. The van der Waals surface area contributed by atoms with E-state index in [-0.39, 0.29) is 0 Å². The number of rotatable bonds is 17. The predicted molar refractivity (Wildman–Crippen MR) is 137 cm³/mol. The van der Waals surface area contributed by atoms with Crippen molar-refractivity contribution in [2.24, 2.45) is 0 Å². The zero-order chi connectivity index (χ0) is 22.6. The highest BCUT2D eigenvalue weighted by molar-refractivity contribution is 9.27. The maximum Gasteiger partial charge on any atom is 0.513 e. The second kappa shape index (κ2) is 20.3. The minimum atomic E-state index is -2.68. The molecular weight excluding hydrogens is 497 g/mol. The molecule has 0 spiro atoms. The van der Waals surface area contributed by atoms with Crippen LogP contribution in [-0.4, -0.2) is 57.3 Å². The van der Waals surface area contributed by atoms with E-state index in [1.54, 1.807) is 19.7 Å². The third-order valence-electron chi connectivity index (χ3n) is 3.12. The van der Waals surface area contributed by atoms with E-state index in [1.807, 2.05) is 41.5 Å². The SMILES string of the molecule is CCO[Si](CC#CSSSSC#CC[Si](OCC)(OCC)OCC)(OCC)OCC. The van der Waals surface area contributed by atoms with Crippen molar-refractivity contribution in [1.82, 2.24) is 0 Å². The van der Waals surface area contributed by atoms with Gasteiger partial charge in [-0.25, -0.2) is 0 Å². The average molecular weight is 531 g/mol. The average Bonchev–Trinajstić information content (AvgIpc) is 2.70. The first-order valence-corrected chi connectivity index (χ1v) is 18.7. The highest BCUT2D eigenvalue weighted by Gasteiger charge is 2.40. The summed E-state index contributed by atoms with van der Waals surface area (Å²) in [7, 11) is 0.674. The van der Waals surface area contributed by atoms with Gasteiger partial charge in [0.2, 0.25) is 0 Å². The van der Waals surface area contributed by atoms with Gasteiger partial charge in [-0.05, 0) is 52.0 Å². The van der Waals surface area contributed by atoms with Crippen molar-refractivity contribution < 1.29 is 26.6 Å². The minimum Gasteiger partial charge on any atom is -0.373 e. The van der Waals surface area contributed by atoms with Crippen molar-refractivity contribution in [3.8, 4) is 22.3 Å². The predicted octanol–water partition coefficient (Wildman–Crippen LogP) is 5.68. The van der Waals surface area contributed by atoms with Gasteiger partial charge < -0.3 is 26.6 Å². The number of hydrogen-bond acceptors (Lipinski definition) is 10. The molecule has 0 saturated heterocycles. The molecule has 12 heteroatoms. The second-order valence-corrected chi connectivity index (χ2v) is 15.6. The molecular formula is C18H34O6S4Si2. The standard InChI is InChI=1S/C18H34O6S4Si2/c1-7-19-29(20-8-2,21-9-3)17-13-15-25-27-28-26-16-14-18-30(22-10-4,23-11-5)24-12-6/h7-12,17-18H2,1-6H3. The molecule has 0 rings (SSSR count). The summed E-state index contributed by atoms with van der Waals surface area (Å²) in [6.45, 7) is 15.0. The third kappa shape index (κ3) is 14.0. The normalized spacial score (nSPS) is 11.5. The first-order valence-electron chi connectivity index (χ1n) is 10.0. The van der Waals surface area contributed by atoms with E-state index in [4.69, 9.17) is 26.6 Å². The van der Waals surface area contributed by atoms with Crippen LogP contribution in [0.15, 0.2) is 0 Å². The Morgan fingerprint density at radius 3 is 1.00 bits per heavy atom. The molecule has 0 aromatic carbocycles. The maximum absolute atomic E-state index is 5.78. The fraction of sp³-hybridized carbons (Fsp3) is 0.778.